The number of carboxylic acid groups (broad SMARTS) is 1. The number of nitrogens with zero attached hydrogens (tertiary/aromatic N) is 4. The zero-order chi connectivity index (χ0) is 24.8. The van der Waals surface area contributed by atoms with Crippen molar-refractivity contribution >= 4 is 5.97 Å². The van der Waals surface area contributed by atoms with Crippen LogP contribution in [0.3, 0.4) is 0 Å². The molecule has 2 aromatic heterocycles. The molecule has 4 aromatic rings. The Kier molecular flexibility index (Phi) is 7.67. The smallest absolute Gasteiger partial charge is 0.335 e. The monoisotopic (exact) mass is 472 g/mol. The molecule has 180 valence electrons. The minimum Gasteiger partial charge on any atom is -0.478 e. The Morgan fingerprint density at radius 2 is 1.71 bits per heavy atom. The first-order chi connectivity index (χ1) is 16.9. The average Bonchev–Trinajstić information content (AvgIpc) is 3.26. The van der Waals surface area contributed by atoms with Crippen molar-refractivity contribution in [3.05, 3.63) is 107 Å². The standard InChI is InChI=1S/C28H29FN4O2/c1-20-3-5-22(6-4-20)19-32(2)15-13-25-18-31-27(26-17-23(28(34)35)11-14-30-26)33(25)16-12-21-7-9-24(29)10-8-21/h3-11,14,17-18H,12-13,15-16,19H2,1-2H3,(H,34,35). The summed E-state index contributed by atoms with van der Waals surface area (Å²) in [6.07, 6.45) is 4.80. The molecule has 2 heterocycles. The van der Waals surface area contributed by atoms with E-state index < -0.39 is 5.97 Å². The Balaban J connectivity index is 1.54. The number of pyridine rings is 1. The number of imidazole rings is 1. The molecule has 0 saturated heterocycles. The Morgan fingerprint density at radius 3 is 2.43 bits per heavy atom. The maximum atomic E-state index is 13.3. The number of aromatic carboxylic acids is 1. The number of rotatable bonds is 10. The first-order valence-corrected chi connectivity index (χ1v) is 11.6. The SMILES string of the molecule is Cc1ccc(CN(C)CCc2cnc(-c3cc(C(=O)O)ccn3)n2CCc2ccc(F)cc2)cc1. The summed E-state index contributed by atoms with van der Waals surface area (Å²) in [4.78, 5) is 22.7. The first-order valence-electron chi connectivity index (χ1n) is 11.6. The third-order valence-corrected chi connectivity index (χ3v) is 6.03. The molecule has 7 heteroatoms. The van der Waals surface area contributed by atoms with E-state index >= 15 is 0 Å². The highest BCUT2D eigenvalue weighted by molar-refractivity contribution is 5.88. The molecule has 1 N–H and O–H groups in total. The molecule has 0 aliphatic rings. The van der Waals surface area contributed by atoms with E-state index in [4.69, 9.17) is 0 Å². The molecule has 0 unspecified atom stereocenters. The fourth-order valence-corrected chi connectivity index (χ4v) is 4.03. The van der Waals surface area contributed by atoms with Crippen LogP contribution in [0.15, 0.2) is 73.1 Å². The van der Waals surface area contributed by atoms with E-state index in [2.05, 4.69) is 57.7 Å². The normalized spacial score (nSPS) is 11.2. The molecule has 4 rings (SSSR count). The van der Waals surface area contributed by atoms with Crippen molar-refractivity contribution in [2.45, 2.75) is 32.9 Å². The number of carboxylic acids is 1. The van der Waals surface area contributed by atoms with Crippen molar-refractivity contribution in [3.8, 4) is 11.5 Å². The van der Waals surface area contributed by atoms with Gasteiger partial charge >= 0.3 is 5.97 Å². The summed E-state index contributed by atoms with van der Waals surface area (Å²) in [6, 6.07) is 18.1. The van der Waals surface area contributed by atoms with Gasteiger partial charge in [-0.05, 0) is 55.8 Å². The van der Waals surface area contributed by atoms with Crippen molar-refractivity contribution in [1.29, 1.82) is 0 Å². The summed E-state index contributed by atoms with van der Waals surface area (Å²) in [5, 5.41) is 9.40. The number of hydrogen-bond donors (Lipinski definition) is 1. The second-order valence-corrected chi connectivity index (χ2v) is 8.81. The molecule has 0 spiro atoms. The van der Waals surface area contributed by atoms with E-state index in [0.29, 0.717) is 24.5 Å². The van der Waals surface area contributed by atoms with Crippen LogP contribution in [0, 0.1) is 12.7 Å². The number of halogens is 1. The molecular weight excluding hydrogens is 443 g/mol. The molecule has 0 aliphatic carbocycles. The van der Waals surface area contributed by atoms with E-state index in [1.807, 2.05) is 6.20 Å². The van der Waals surface area contributed by atoms with Gasteiger partial charge in [0.1, 0.15) is 11.5 Å². The highest BCUT2D eigenvalue weighted by Gasteiger charge is 2.16. The van der Waals surface area contributed by atoms with Gasteiger partial charge in [-0.25, -0.2) is 14.2 Å². The Hall–Kier alpha value is -3.84. The van der Waals surface area contributed by atoms with Gasteiger partial charge in [-0.1, -0.05) is 42.0 Å². The van der Waals surface area contributed by atoms with Crippen molar-refractivity contribution in [3.63, 3.8) is 0 Å². The number of likely N-dealkylation sites (N-methyl/N-ethyl adjacent to an activating group) is 1. The Morgan fingerprint density at radius 1 is 1.00 bits per heavy atom. The molecule has 35 heavy (non-hydrogen) atoms. The molecule has 0 radical (unpaired) electrons. The average molecular weight is 473 g/mol. The lowest BCUT2D eigenvalue weighted by molar-refractivity contribution is 0.0697. The third-order valence-electron chi connectivity index (χ3n) is 6.03. The van der Waals surface area contributed by atoms with E-state index in [9.17, 15) is 14.3 Å². The van der Waals surface area contributed by atoms with Gasteiger partial charge in [0.15, 0.2) is 5.82 Å². The largest absolute Gasteiger partial charge is 0.478 e. The van der Waals surface area contributed by atoms with Crippen LogP contribution in [0.4, 0.5) is 4.39 Å². The van der Waals surface area contributed by atoms with E-state index in [1.54, 1.807) is 18.2 Å². The topological polar surface area (TPSA) is 71.2 Å². The molecule has 2 aromatic carbocycles. The highest BCUT2D eigenvalue weighted by Crippen LogP contribution is 2.21. The van der Waals surface area contributed by atoms with Gasteiger partial charge in [0.25, 0.3) is 0 Å². The predicted molar refractivity (Wildman–Crippen MR) is 134 cm³/mol. The van der Waals surface area contributed by atoms with Crippen LogP contribution in [0.2, 0.25) is 0 Å². The van der Waals surface area contributed by atoms with Gasteiger partial charge < -0.3 is 14.6 Å². The van der Waals surface area contributed by atoms with Crippen LogP contribution in [-0.4, -0.2) is 44.1 Å². The molecule has 6 nitrogen and oxygen atoms in total. The van der Waals surface area contributed by atoms with Crippen molar-refractivity contribution in [2.75, 3.05) is 13.6 Å². The van der Waals surface area contributed by atoms with Gasteiger partial charge in [-0.2, -0.15) is 0 Å². The Labute approximate surface area is 204 Å². The lowest BCUT2D eigenvalue weighted by Crippen LogP contribution is -2.22. The number of hydrogen-bond acceptors (Lipinski definition) is 4. The molecule has 0 bridgehead atoms. The van der Waals surface area contributed by atoms with Crippen LogP contribution < -0.4 is 0 Å². The van der Waals surface area contributed by atoms with Gasteiger partial charge in [-0.15, -0.1) is 0 Å². The summed E-state index contributed by atoms with van der Waals surface area (Å²) < 4.78 is 15.4. The number of aromatic nitrogens is 3. The van der Waals surface area contributed by atoms with Crippen molar-refractivity contribution in [1.82, 2.24) is 19.4 Å². The minimum atomic E-state index is -1.00. The van der Waals surface area contributed by atoms with Crippen LogP contribution in [-0.2, 0) is 25.9 Å². The summed E-state index contributed by atoms with van der Waals surface area (Å²) in [5.74, 6) is -0.633. The fourth-order valence-electron chi connectivity index (χ4n) is 4.03. The molecule has 0 fully saturated rings. The van der Waals surface area contributed by atoms with Crippen molar-refractivity contribution in [2.24, 2.45) is 0 Å². The molecule has 0 aliphatic heterocycles. The number of benzene rings is 2. The van der Waals surface area contributed by atoms with Crippen LogP contribution in [0.25, 0.3) is 11.5 Å². The lowest BCUT2D eigenvalue weighted by atomic mass is 10.1. The van der Waals surface area contributed by atoms with E-state index in [0.717, 1.165) is 30.8 Å². The van der Waals surface area contributed by atoms with Crippen LogP contribution in [0.5, 0.6) is 0 Å². The third kappa shape index (κ3) is 6.39. The summed E-state index contributed by atoms with van der Waals surface area (Å²) in [7, 11) is 2.10. The zero-order valence-electron chi connectivity index (χ0n) is 20.0. The number of aryl methyl sites for hydroxylation is 2. The second kappa shape index (κ2) is 11.1. The number of carbonyl (C=O) groups is 1. The first kappa shape index (κ1) is 24.3. The second-order valence-electron chi connectivity index (χ2n) is 8.81. The van der Waals surface area contributed by atoms with Gasteiger partial charge in [0.05, 0.1) is 5.56 Å². The Bertz CT molecular complexity index is 1280. The van der Waals surface area contributed by atoms with E-state index in [1.165, 1.54) is 35.5 Å². The maximum absolute atomic E-state index is 13.3. The lowest BCUT2D eigenvalue weighted by Gasteiger charge is -2.18. The van der Waals surface area contributed by atoms with Crippen molar-refractivity contribution < 1.29 is 14.3 Å². The molecule has 0 atom stereocenters. The summed E-state index contributed by atoms with van der Waals surface area (Å²) in [5.41, 5.74) is 5.25. The zero-order valence-corrected chi connectivity index (χ0v) is 20.0. The molecule has 0 saturated carbocycles. The van der Waals surface area contributed by atoms with Gasteiger partial charge in [-0.3, -0.25) is 4.98 Å². The predicted octanol–water partition coefficient (Wildman–Crippen LogP) is 5.01. The van der Waals surface area contributed by atoms with E-state index in [-0.39, 0.29) is 11.4 Å². The van der Waals surface area contributed by atoms with Crippen LogP contribution >= 0.6 is 0 Å². The fraction of sp³-hybridized carbons (Fsp3) is 0.250. The quantitative estimate of drug-likeness (QED) is 0.351. The van der Waals surface area contributed by atoms with Gasteiger partial charge in [0.2, 0.25) is 0 Å². The summed E-state index contributed by atoms with van der Waals surface area (Å²) in [6.45, 7) is 4.38. The molecule has 0 amide bonds. The summed E-state index contributed by atoms with van der Waals surface area (Å²) >= 11 is 0. The van der Waals surface area contributed by atoms with Gasteiger partial charge in [0, 0.05) is 44.1 Å². The molecular formula is C28H29FN4O2. The minimum absolute atomic E-state index is 0.169. The highest BCUT2D eigenvalue weighted by atomic mass is 19.1. The maximum Gasteiger partial charge on any atom is 0.335 e. The van der Waals surface area contributed by atoms with Crippen LogP contribution in [0.1, 0.15) is 32.7 Å².